The third-order valence-electron chi connectivity index (χ3n) is 5.30. The first-order valence-electron chi connectivity index (χ1n) is 9.97. The molecule has 32 heavy (non-hydrogen) atoms. The quantitative estimate of drug-likeness (QED) is 0.509. The fraction of sp³-hybridized carbons (Fsp3) is 0.182. The summed E-state index contributed by atoms with van der Waals surface area (Å²) in [6.07, 6.45) is 5.20. The van der Waals surface area contributed by atoms with Crippen molar-refractivity contribution in [3.63, 3.8) is 0 Å². The van der Waals surface area contributed by atoms with Gasteiger partial charge in [-0.2, -0.15) is 5.10 Å². The maximum Gasteiger partial charge on any atom is 0.276 e. The highest BCUT2D eigenvalue weighted by Crippen LogP contribution is 2.28. The number of hydrogen-bond donors (Lipinski definition) is 2. The van der Waals surface area contributed by atoms with Crippen LogP contribution in [-0.4, -0.2) is 52.4 Å². The summed E-state index contributed by atoms with van der Waals surface area (Å²) in [6, 6.07) is 7.52. The molecule has 10 heteroatoms. The first-order chi connectivity index (χ1) is 15.6. The van der Waals surface area contributed by atoms with E-state index in [4.69, 9.17) is 4.74 Å². The number of fused-ring (bicyclic) bond motifs is 1. The van der Waals surface area contributed by atoms with Crippen molar-refractivity contribution in [1.29, 1.82) is 0 Å². The Morgan fingerprint density at radius 1 is 1.00 bits per heavy atom. The number of halogens is 2. The summed E-state index contributed by atoms with van der Waals surface area (Å²) in [4.78, 5) is 22.7. The maximum absolute atomic E-state index is 13.9. The largest absolute Gasteiger partial charge is 0.378 e. The summed E-state index contributed by atoms with van der Waals surface area (Å²) >= 11 is 0. The molecular formula is C22H18F2N6O2. The smallest absolute Gasteiger partial charge is 0.276 e. The SMILES string of the molecule is O=C(Nc1c(F)cncc1F)c1n[nH]c2ccc(-c3cncc(N4CCOCC4)c3)cc12. The summed E-state index contributed by atoms with van der Waals surface area (Å²) in [5.41, 5.74) is 2.76. The van der Waals surface area contributed by atoms with Gasteiger partial charge in [-0.15, -0.1) is 0 Å². The molecule has 2 N–H and O–H groups in total. The second-order valence-electron chi connectivity index (χ2n) is 7.30. The van der Waals surface area contributed by atoms with Crippen molar-refractivity contribution >= 4 is 28.2 Å². The van der Waals surface area contributed by atoms with Gasteiger partial charge < -0.3 is 15.0 Å². The number of carbonyl (C=O) groups excluding carboxylic acids is 1. The fourth-order valence-electron chi connectivity index (χ4n) is 3.65. The summed E-state index contributed by atoms with van der Waals surface area (Å²) in [6.45, 7) is 2.92. The molecule has 0 aliphatic carbocycles. The number of morpholine rings is 1. The first kappa shape index (κ1) is 20.0. The number of carbonyl (C=O) groups is 1. The summed E-state index contributed by atoms with van der Waals surface area (Å²) in [5, 5.41) is 9.58. The van der Waals surface area contributed by atoms with Crippen LogP contribution in [0.1, 0.15) is 10.5 Å². The van der Waals surface area contributed by atoms with E-state index in [2.05, 4.69) is 30.4 Å². The van der Waals surface area contributed by atoms with E-state index in [1.807, 2.05) is 18.3 Å². The Kier molecular flexibility index (Phi) is 5.20. The van der Waals surface area contributed by atoms with Crippen molar-refractivity contribution in [1.82, 2.24) is 20.2 Å². The molecule has 0 radical (unpaired) electrons. The third-order valence-corrected chi connectivity index (χ3v) is 5.30. The minimum Gasteiger partial charge on any atom is -0.378 e. The van der Waals surface area contributed by atoms with Crippen molar-refractivity contribution in [2.75, 3.05) is 36.5 Å². The zero-order valence-electron chi connectivity index (χ0n) is 16.8. The molecule has 0 bridgehead atoms. The molecule has 8 nitrogen and oxygen atoms in total. The van der Waals surface area contributed by atoms with Crippen molar-refractivity contribution in [3.05, 3.63) is 66.4 Å². The van der Waals surface area contributed by atoms with Crippen molar-refractivity contribution in [2.45, 2.75) is 0 Å². The number of benzene rings is 1. The molecule has 4 heterocycles. The van der Waals surface area contributed by atoms with Gasteiger partial charge in [0.2, 0.25) is 0 Å². The molecule has 0 unspecified atom stereocenters. The third kappa shape index (κ3) is 3.76. The normalized spacial score (nSPS) is 14.0. The lowest BCUT2D eigenvalue weighted by Crippen LogP contribution is -2.36. The number of amides is 1. The number of anilines is 2. The zero-order valence-corrected chi connectivity index (χ0v) is 16.8. The van der Waals surface area contributed by atoms with Gasteiger partial charge in [-0.1, -0.05) is 6.07 Å². The van der Waals surface area contributed by atoms with Crippen LogP contribution in [0.3, 0.4) is 0 Å². The van der Waals surface area contributed by atoms with Crippen molar-refractivity contribution in [2.24, 2.45) is 0 Å². The van der Waals surface area contributed by atoms with Gasteiger partial charge in [-0.3, -0.25) is 19.9 Å². The molecule has 1 aliphatic heterocycles. The summed E-state index contributed by atoms with van der Waals surface area (Å²) < 4.78 is 33.2. The summed E-state index contributed by atoms with van der Waals surface area (Å²) in [5.74, 6) is -2.67. The van der Waals surface area contributed by atoms with E-state index < -0.39 is 23.2 Å². The highest BCUT2D eigenvalue weighted by Gasteiger charge is 2.19. The maximum atomic E-state index is 13.9. The Bertz CT molecular complexity index is 1280. The van der Waals surface area contributed by atoms with Gasteiger partial charge in [0.15, 0.2) is 17.3 Å². The Hall–Kier alpha value is -3.92. The topological polar surface area (TPSA) is 96.0 Å². The van der Waals surface area contributed by atoms with E-state index >= 15 is 0 Å². The Morgan fingerprint density at radius 2 is 1.75 bits per heavy atom. The molecule has 1 saturated heterocycles. The number of hydrogen-bond acceptors (Lipinski definition) is 6. The number of aromatic amines is 1. The van der Waals surface area contributed by atoms with Crippen LogP contribution in [0.15, 0.2) is 49.1 Å². The van der Waals surface area contributed by atoms with Gasteiger partial charge in [0.05, 0.1) is 43.0 Å². The fourth-order valence-corrected chi connectivity index (χ4v) is 3.65. The van der Waals surface area contributed by atoms with Crippen LogP contribution in [-0.2, 0) is 4.74 Å². The van der Waals surface area contributed by atoms with Crippen LogP contribution in [0.5, 0.6) is 0 Å². The standard InChI is InChI=1S/C22H18F2N6O2/c23-17-11-26-12-18(24)21(17)27-22(31)20-16-8-13(1-2-19(16)28-29-20)14-7-15(10-25-9-14)30-3-5-32-6-4-30/h1-2,7-12H,3-6H2,(H,28,29)(H,26,27,31). The van der Waals surface area contributed by atoms with Crippen LogP contribution >= 0.6 is 0 Å². The Morgan fingerprint density at radius 3 is 2.53 bits per heavy atom. The molecule has 162 valence electrons. The van der Waals surface area contributed by atoms with E-state index in [-0.39, 0.29) is 5.69 Å². The van der Waals surface area contributed by atoms with Crippen molar-refractivity contribution in [3.8, 4) is 11.1 Å². The molecule has 3 aromatic heterocycles. The lowest BCUT2D eigenvalue weighted by atomic mass is 10.0. The van der Waals surface area contributed by atoms with E-state index in [0.717, 1.165) is 42.3 Å². The van der Waals surface area contributed by atoms with E-state index in [1.54, 1.807) is 18.3 Å². The van der Waals surface area contributed by atoms with Gasteiger partial charge in [0.1, 0.15) is 5.69 Å². The molecule has 0 atom stereocenters. The number of nitrogens with zero attached hydrogens (tertiary/aromatic N) is 4. The molecule has 1 amide bonds. The van der Waals surface area contributed by atoms with Gasteiger partial charge in [-0.05, 0) is 23.8 Å². The highest BCUT2D eigenvalue weighted by atomic mass is 19.1. The van der Waals surface area contributed by atoms with Crippen LogP contribution < -0.4 is 10.2 Å². The number of pyridine rings is 2. The molecule has 5 rings (SSSR count). The number of nitrogens with one attached hydrogen (secondary N) is 2. The molecule has 0 spiro atoms. The number of ether oxygens (including phenoxy) is 1. The number of aromatic nitrogens is 4. The monoisotopic (exact) mass is 436 g/mol. The summed E-state index contributed by atoms with van der Waals surface area (Å²) in [7, 11) is 0. The zero-order chi connectivity index (χ0) is 22.1. The second-order valence-corrected chi connectivity index (χ2v) is 7.30. The van der Waals surface area contributed by atoms with Gasteiger partial charge in [0.25, 0.3) is 5.91 Å². The Labute approximate surface area is 181 Å². The van der Waals surface area contributed by atoms with Crippen LogP contribution in [0, 0.1) is 11.6 Å². The molecule has 1 aromatic carbocycles. The minimum atomic E-state index is -0.968. The van der Waals surface area contributed by atoms with Crippen LogP contribution in [0.2, 0.25) is 0 Å². The molecule has 0 saturated carbocycles. The molecule has 1 aliphatic rings. The van der Waals surface area contributed by atoms with Gasteiger partial charge in [-0.25, -0.2) is 8.78 Å². The molecular weight excluding hydrogens is 418 g/mol. The lowest BCUT2D eigenvalue weighted by molar-refractivity contribution is 0.102. The van der Waals surface area contributed by atoms with E-state index in [0.29, 0.717) is 24.1 Å². The minimum absolute atomic E-state index is 0.0229. The van der Waals surface area contributed by atoms with Crippen LogP contribution in [0.4, 0.5) is 20.2 Å². The van der Waals surface area contributed by atoms with E-state index in [9.17, 15) is 13.6 Å². The highest BCUT2D eigenvalue weighted by molar-refractivity contribution is 6.11. The van der Waals surface area contributed by atoms with E-state index in [1.165, 1.54) is 0 Å². The average Bonchev–Trinajstić information content (AvgIpc) is 3.25. The second kappa shape index (κ2) is 8.31. The Balaban J connectivity index is 1.47. The van der Waals surface area contributed by atoms with Gasteiger partial charge >= 0.3 is 0 Å². The average molecular weight is 436 g/mol. The number of rotatable bonds is 4. The van der Waals surface area contributed by atoms with Crippen molar-refractivity contribution < 1.29 is 18.3 Å². The molecule has 4 aromatic rings. The number of H-pyrrole nitrogens is 1. The predicted octanol–water partition coefficient (Wildman–Crippen LogP) is 3.39. The van der Waals surface area contributed by atoms with Crippen LogP contribution in [0.25, 0.3) is 22.0 Å². The van der Waals surface area contributed by atoms with Gasteiger partial charge in [0, 0.05) is 30.2 Å². The molecule has 1 fully saturated rings. The first-order valence-corrected chi connectivity index (χ1v) is 9.97. The predicted molar refractivity (Wildman–Crippen MR) is 114 cm³/mol. The lowest BCUT2D eigenvalue weighted by Gasteiger charge is -2.28.